The Morgan fingerprint density at radius 3 is 2.47 bits per heavy atom. The van der Waals surface area contributed by atoms with Crippen LogP contribution in [0.5, 0.6) is 0 Å². The van der Waals surface area contributed by atoms with E-state index in [4.69, 9.17) is 28.3 Å². The molecule has 0 saturated heterocycles. The predicted molar refractivity (Wildman–Crippen MR) is 68.9 cm³/mol. The Balaban J connectivity index is 2.57. The molecule has 4 heteroatoms. The topological polar surface area (TPSA) is 37.3 Å². The van der Waals surface area contributed by atoms with Crippen LogP contribution in [0.15, 0.2) is 42.5 Å². The van der Waals surface area contributed by atoms with E-state index in [0.29, 0.717) is 10.0 Å². The third kappa shape index (κ3) is 2.43. The molecule has 0 aliphatic carbocycles. The Labute approximate surface area is 108 Å². The van der Waals surface area contributed by atoms with Gasteiger partial charge < -0.3 is 5.11 Å². The molecule has 0 saturated carbocycles. The van der Waals surface area contributed by atoms with Crippen molar-refractivity contribution in [1.82, 2.24) is 0 Å². The molecule has 17 heavy (non-hydrogen) atoms. The maximum Gasteiger partial charge on any atom is 0.335 e. The fraction of sp³-hybridized carbons (Fsp3) is 0. The van der Waals surface area contributed by atoms with Gasteiger partial charge in [0.15, 0.2) is 0 Å². The van der Waals surface area contributed by atoms with Crippen molar-refractivity contribution in [3.63, 3.8) is 0 Å². The molecule has 0 unspecified atom stereocenters. The Morgan fingerprint density at radius 1 is 1.06 bits per heavy atom. The first-order chi connectivity index (χ1) is 8.09. The van der Waals surface area contributed by atoms with Crippen molar-refractivity contribution in [2.75, 3.05) is 0 Å². The summed E-state index contributed by atoms with van der Waals surface area (Å²) in [5.41, 5.74) is 1.68. The standard InChI is InChI=1S/C13H8Cl2O2/c14-11-6-2-5-10(12(11)15)8-3-1-4-9(7-8)13(16)17/h1-7H,(H,16,17). The molecule has 2 nitrogen and oxygen atoms in total. The van der Waals surface area contributed by atoms with Crippen molar-refractivity contribution >= 4 is 29.2 Å². The molecule has 86 valence electrons. The fourth-order valence-corrected chi connectivity index (χ4v) is 1.96. The molecule has 0 atom stereocenters. The summed E-state index contributed by atoms with van der Waals surface area (Å²) in [4.78, 5) is 10.9. The lowest BCUT2D eigenvalue weighted by atomic mass is 10.0. The average Bonchev–Trinajstić information content (AvgIpc) is 2.33. The summed E-state index contributed by atoms with van der Waals surface area (Å²) in [6, 6.07) is 11.8. The van der Waals surface area contributed by atoms with Gasteiger partial charge in [0.1, 0.15) is 0 Å². The normalized spacial score (nSPS) is 10.2. The van der Waals surface area contributed by atoms with E-state index in [1.165, 1.54) is 6.07 Å². The van der Waals surface area contributed by atoms with Gasteiger partial charge in [0.25, 0.3) is 0 Å². The van der Waals surface area contributed by atoms with Crippen LogP contribution in [0.2, 0.25) is 10.0 Å². The van der Waals surface area contributed by atoms with Gasteiger partial charge in [0.2, 0.25) is 0 Å². The minimum Gasteiger partial charge on any atom is -0.478 e. The minimum atomic E-state index is -0.968. The van der Waals surface area contributed by atoms with Crippen molar-refractivity contribution in [2.24, 2.45) is 0 Å². The highest BCUT2D eigenvalue weighted by atomic mass is 35.5. The summed E-state index contributed by atoms with van der Waals surface area (Å²) in [5.74, 6) is -0.968. The molecular weight excluding hydrogens is 259 g/mol. The molecule has 0 aromatic heterocycles. The summed E-state index contributed by atoms with van der Waals surface area (Å²) in [6.07, 6.45) is 0. The number of hydrogen-bond donors (Lipinski definition) is 1. The maximum absolute atomic E-state index is 10.9. The first-order valence-corrected chi connectivity index (χ1v) is 5.63. The molecule has 0 spiro atoms. The van der Waals surface area contributed by atoms with E-state index in [1.807, 2.05) is 0 Å². The van der Waals surface area contributed by atoms with E-state index in [1.54, 1.807) is 36.4 Å². The second-order valence-electron chi connectivity index (χ2n) is 3.49. The molecule has 0 amide bonds. The van der Waals surface area contributed by atoms with E-state index in [9.17, 15) is 4.79 Å². The molecule has 2 aromatic carbocycles. The van der Waals surface area contributed by atoms with Crippen LogP contribution in [0, 0.1) is 0 Å². The average molecular weight is 267 g/mol. The second kappa shape index (κ2) is 4.78. The summed E-state index contributed by atoms with van der Waals surface area (Å²) in [6.45, 7) is 0. The van der Waals surface area contributed by atoms with Crippen LogP contribution < -0.4 is 0 Å². The summed E-state index contributed by atoms with van der Waals surface area (Å²) in [7, 11) is 0. The van der Waals surface area contributed by atoms with Gasteiger partial charge in [-0.05, 0) is 23.8 Å². The molecule has 0 heterocycles. The number of carbonyl (C=O) groups is 1. The molecular formula is C13H8Cl2O2. The highest BCUT2D eigenvalue weighted by Crippen LogP contribution is 2.33. The first-order valence-electron chi connectivity index (χ1n) is 4.87. The lowest BCUT2D eigenvalue weighted by Gasteiger charge is -2.06. The van der Waals surface area contributed by atoms with Gasteiger partial charge in [0.05, 0.1) is 15.6 Å². The van der Waals surface area contributed by atoms with Gasteiger partial charge in [-0.15, -0.1) is 0 Å². The van der Waals surface area contributed by atoms with Gasteiger partial charge in [-0.1, -0.05) is 47.5 Å². The van der Waals surface area contributed by atoms with Crippen molar-refractivity contribution < 1.29 is 9.90 Å². The molecule has 0 radical (unpaired) electrons. The van der Waals surface area contributed by atoms with Crippen molar-refractivity contribution in [3.05, 3.63) is 58.1 Å². The van der Waals surface area contributed by atoms with Crippen LogP contribution in [-0.2, 0) is 0 Å². The monoisotopic (exact) mass is 266 g/mol. The molecule has 0 bridgehead atoms. The number of halogens is 2. The van der Waals surface area contributed by atoms with Gasteiger partial charge in [-0.25, -0.2) is 4.79 Å². The van der Waals surface area contributed by atoms with E-state index < -0.39 is 5.97 Å². The van der Waals surface area contributed by atoms with Crippen LogP contribution in [0.25, 0.3) is 11.1 Å². The summed E-state index contributed by atoms with van der Waals surface area (Å²) < 4.78 is 0. The molecule has 0 fully saturated rings. The summed E-state index contributed by atoms with van der Waals surface area (Å²) >= 11 is 12.0. The van der Waals surface area contributed by atoms with Crippen LogP contribution in [0.1, 0.15) is 10.4 Å². The lowest BCUT2D eigenvalue weighted by molar-refractivity contribution is 0.0697. The van der Waals surface area contributed by atoms with Crippen molar-refractivity contribution in [3.8, 4) is 11.1 Å². The van der Waals surface area contributed by atoms with E-state index in [2.05, 4.69) is 0 Å². The highest BCUT2D eigenvalue weighted by Gasteiger charge is 2.09. The minimum absolute atomic E-state index is 0.221. The van der Waals surface area contributed by atoms with Crippen molar-refractivity contribution in [2.45, 2.75) is 0 Å². The zero-order valence-corrected chi connectivity index (χ0v) is 10.2. The summed E-state index contributed by atoms with van der Waals surface area (Å²) in [5, 5.41) is 9.80. The second-order valence-corrected chi connectivity index (χ2v) is 4.27. The number of carboxylic acids is 1. The van der Waals surface area contributed by atoms with Crippen molar-refractivity contribution in [1.29, 1.82) is 0 Å². The van der Waals surface area contributed by atoms with Crippen LogP contribution in [0.3, 0.4) is 0 Å². The van der Waals surface area contributed by atoms with E-state index >= 15 is 0 Å². The molecule has 0 aliphatic rings. The van der Waals surface area contributed by atoms with Crippen LogP contribution in [-0.4, -0.2) is 11.1 Å². The zero-order valence-electron chi connectivity index (χ0n) is 8.65. The lowest BCUT2D eigenvalue weighted by Crippen LogP contribution is -1.95. The van der Waals surface area contributed by atoms with Crippen LogP contribution >= 0.6 is 23.2 Å². The fourth-order valence-electron chi connectivity index (χ4n) is 1.55. The number of rotatable bonds is 2. The van der Waals surface area contributed by atoms with Gasteiger partial charge in [0, 0.05) is 5.56 Å². The first kappa shape index (κ1) is 12.0. The quantitative estimate of drug-likeness (QED) is 0.877. The van der Waals surface area contributed by atoms with E-state index in [0.717, 1.165) is 11.1 Å². The largest absolute Gasteiger partial charge is 0.478 e. The Morgan fingerprint density at radius 2 is 1.76 bits per heavy atom. The Bertz CT molecular complexity index is 579. The van der Waals surface area contributed by atoms with E-state index in [-0.39, 0.29) is 5.56 Å². The molecule has 1 N–H and O–H groups in total. The SMILES string of the molecule is O=C(O)c1cccc(-c2cccc(Cl)c2Cl)c1. The number of aromatic carboxylic acids is 1. The van der Waals surface area contributed by atoms with Gasteiger partial charge >= 0.3 is 5.97 Å². The van der Waals surface area contributed by atoms with Gasteiger partial charge in [-0.3, -0.25) is 0 Å². The Kier molecular flexibility index (Phi) is 3.36. The van der Waals surface area contributed by atoms with Gasteiger partial charge in [-0.2, -0.15) is 0 Å². The molecule has 0 aliphatic heterocycles. The smallest absolute Gasteiger partial charge is 0.335 e. The predicted octanol–water partition coefficient (Wildman–Crippen LogP) is 4.36. The highest BCUT2D eigenvalue weighted by molar-refractivity contribution is 6.43. The maximum atomic E-state index is 10.9. The van der Waals surface area contributed by atoms with Crippen LogP contribution in [0.4, 0.5) is 0 Å². The zero-order chi connectivity index (χ0) is 12.4. The third-order valence-corrected chi connectivity index (χ3v) is 3.19. The number of carboxylic acid groups (broad SMARTS) is 1. The molecule has 2 rings (SSSR count). The Hall–Kier alpha value is -1.51. The number of hydrogen-bond acceptors (Lipinski definition) is 1. The molecule has 2 aromatic rings. The number of benzene rings is 2. The third-order valence-electron chi connectivity index (χ3n) is 2.37.